The summed E-state index contributed by atoms with van der Waals surface area (Å²) in [6.45, 7) is 1.74. The van der Waals surface area contributed by atoms with E-state index in [1.807, 2.05) is 0 Å². The molecule has 0 fully saturated rings. The first-order valence-electron chi connectivity index (χ1n) is 5.70. The number of aliphatic hydroxyl groups excluding tert-OH is 4. The van der Waals surface area contributed by atoms with E-state index in [2.05, 4.69) is 0 Å². The Balaban J connectivity index is 3.03. The van der Waals surface area contributed by atoms with Crippen molar-refractivity contribution in [3.8, 4) is 0 Å². The van der Waals surface area contributed by atoms with Crippen molar-refractivity contribution in [1.29, 1.82) is 0 Å². The number of carbonyl (C=O) groups is 1. The van der Waals surface area contributed by atoms with Gasteiger partial charge in [0.25, 0.3) is 0 Å². The lowest BCUT2D eigenvalue weighted by Crippen LogP contribution is -2.48. The van der Waals surface area contributed by atoms with Crippen molar-refractivity contribution in [2.24, 2.45) is 0 Å². The summed E-state index contributed by atoms with van der Waals surface area (Å²) in [7, 11) is -4.32. The molecule has 4 N–H and O–H groups in total. The number of sulfone groups is 1. The van der Waals surface area contributed by atoms with Crippen LogP contribution in [0.2, 0.25) is 0 Å². The summed E-state index contributed by atoms with van der Waals surface area (Å²) in [4.78, 5) is 10.0. The van der Waals surface area contributed by atoms with E-state index in [0.717, 1.165) is 5.56 Å². The monoisotopic (exact) mass is 304 g/mol. The van der Waals surface area contributed by atoms with Gasteiger partial charge in [0.2, 0.25) is 9.84 Å². The van der Waals surface area contributed by atoms with E-state index in [9.17, 15) is 28.5 Å². The zero-order valence-electron chi connectivity index (χ0n) is 10.6. The smallest absolute Gasteiger partial charge is 0.207 e. The second kappa shape index (κ2) is 6.42. The van der Waals surface area contributed by atoms with Crippen molar-refractivity contribution in [1.82, 2.24) is 0 Å². The molecular formula is C12H16O7S. The topological polar surface area (TPSA) is 132 Å². The minimum atomic E-state index is -4.32. The molecule has 0 aliphatic heterocycles. The second-order valence-electron chi connectivity index (χ2n) is 4.36. The van der Waals surface area contributed by atoms with Gasteiger partial charge in [0.1, 0.15) is 18.3 Å². The molecule has 0 aliphatic carbocycles. The maximum Gasteiger partial charge on any atom is 0.207 e. The summed E-state index contributed by atoms with van der Waals surface area (Å²) in [6, 6.07) is 5.48. The SMILES string of the molecule is Cc1ccc(S(=O)(=O)C(O)[C@@H](O)[C@@H](O)[C@H](O)C=O)cc1. The third kappa shape index (κ3) is 3.41. The van der Waals surface area contributed by atoms with Crippen molar-refractivity contribution in [2.75, 3.05) is 0 Å². The maximum absolute atomic E-state index is 12.0. The van der Waals surface area contributed by atoms with Gasteiger partial charge in [-0.2, -0.15) is 0 Å². The minimum absolute atomic E-state index is 0.0703. The molecule has 1 aromatic rings. The molecule has 20 heavy (non-hydrogen) atoms. The Bertz CT molecular complexity index is 552. The molecule has 0 saturated heterocycles. The van der Waals surface area contributed by atoms with E-state index in [-0.39, 0.29) is 11.2 Å². The van der Waals surface area contributed by atoms with Crippen LogP contribution in [0.4, 0.5) is 0 Å². The van der Waals surface area contributed by atoms with E-state index in [1.54, 1.807) is 6.92 Å². The normalized spacial score (nSPS) is 18.1. The number of hydrogen-bond acceptors (Lipinski definition) is 7. The standard InChI is InChI=1S/C12H16O7S/c1-7-2-4-8(5-3-7)20(18,19)12(17)11(16)10(15)9(14)6-13/h2-6,9-12,14-17H,1H3/t9-,10+,11+,12?/m1/s1. The average molecular weight is 304 g/mol. The molecule has 0 aromatic heterocycles. The van der Waals surface area contributed by atoms with Crippen LogP contribution in [-0.2, 0) is 14.6 Å². The lowest BCUT2D eigenvalue weighted by molar-refractivity contribution is -0.129. The number of rotatable bonds is 6. The van der Waals surface area contributed by atoms with Crippen LogP contribution in [0.25, 0.3) is 0 Å². The molecule has 1 unspecified atom stereocenters. The Labute approximate surface area is 116 Å². The first kappa shape index (κ1) is 16.7. The largest absolute Gasteiger partial charge is 0.387 e. The molecule has 8 heteroatoms. The zero-order valence-corrected chi connectivity index (χ0v) is 11.4. The zero-order chi connectivity index (χ0) is 15.5. The number of aliphatic hydroxyl groups is 4. The molecule has 0 saturated carbocycles. The second-order valence-corrected chi connectivity index (χ2v) is 6.40. The maximum atomic E-state index is 12.0. The Kier molecular flexibility index (Phi) is 5.37. The Morgan fingerprint density at radius 3 is 1.95 bits per heavy atom. The average Bonchev–Trinajstić information content (AvgIpc) is 2.44. The van der Waals surface area contributed by atoms with Gasteiger partial charge in [-0.1, -0.05) is 17.7 Å². The highest BCUT2D eigenvalue weighted by Gasteiger charge is 2.38. The van der Waals surface area contributed by atoms with Crippen molar-refractivity contribution in [3.05, 3.63) is 29.8 Å². The van der Waals surface area contributed by atoms with Gasteiger partial charge in [-0.05, 0) is 19.1 Å². The van der Waals surface area contributed by atoms with Gasteiger partial charge in [0.05, 0.1) is 4.90 Å². The molecule has 0 spiro atoms. The quantitative estimate of drug-likeness (QED) is 0.464. The van der Waals surface area contributed by atoms with Crippen LogP contribution in [-0.4, -0.2) is 58.9 Å². The fourth-order valence-electron chi connectivity index (χ4n) is 1.50. The summed E-state index contributed by atoms with van der Waals surface area (Å²) < 4.78 is 24.0. The van der Waals surface area contributed by atoms with Crippen molar-refractivity contribution in [2.45, 2.75) is 35.6 Å². The van der Waals surface area contributed by atoms with E-state index in [1.165, 1.54) is 24.3 Å². The highest BCUT2D eigenvalue weighted by atomic mass is 32.2. The number of hydrogen-bond donors (Lipinski definition) is 4. The summed E-state index contributed by atoms with van der Waals surface area (Å²) in [6.07, 6.45) is -6.39. The summed E-state index contributed by atoms with van der Waals surface area (Å²) in [5.74, 6) is 0. The Hall–Kier alpha value is -1.32. The Morgan fingerprint density at radius 1 is 1.00 bits per heavy atom. The molecule has 0 bridgehead atoms. The van der Waals surface area contributed by atoms with Crippen LogP contribution >= 0.6 is 0 Å². The van der Waals surface area contributed by atoms with Gasteiger partial charge >= 0.3 is 0 Å². The van der Waals surface area contributed by atoms with Crippen LogP contribution in [0.15, 0.2) is 29.2 Å². The van der Waals surface area contributed by atoms with Crippen molar-refractivity contribution < 1.29 is 33.6 Å². The number of aryl methyl sites for hydroxylation is 1. The molecule has 0 radical (unpaired) electrons. The van der Waals surface area contributed by atoms with E-state index in [0.29, 0.717) is 0 Å². The third-order valence-corrected chi connectivity index (χ3v) is 4.64. The van der Waals surface area contributed by atoms with Crippen LogP contribution in [0.3, 0.4) is 0 Å². The molecule has 112 valence electrons. The van der Waals surface area contributed by atoms with E-state index >= 15 is 0 Å². The van der Waals surface area contributed by atoms with Gasteiger partial charge in [-0.15, -0.1) is 0 Å². The molecule has 4 atom stereocenters. The van der Waals surface area contributed by atoms with Gasteiger partial charge in [-0.25, -0.2) is 8.42 Å². The van der Waals surface area contributed by atoms with Gasteiger partial charge < -0.3 is 25.2 Å². The lowest BCUT2D eigenvalue weighted by atomic mass is 10.1. The fraction of sp³-hybridized carbons (Fsp3) is 0.417. The van der Waals surface area contributed by atoms with Crippen LogP contribution in [0.1, 0.15) is 5.56 Å². The van der Waals surface area contributed by atoms with E-state index in [4.69, 9.17) is 5.11 Å². The first-order chi connectivity index (χ1) is 9.21. The minimum Gasteiger partial charge on any atom is -0.387 e. The first-order valence-corrected chi connectivity index (χ1v) is 7.24. The lowest BCUT2D eigenvalue weighted by Gasteiger charge is -2.24. The molecule has 7 nitrogen and oxygen atoms in total. The number of carbonyl (C=O) groups excluding carboxylic acids is 1. The summed E-state index contributed by atoms with van der Waals surface area (Å²) in [5.41, 5.74) is -1.56. The molecule has 1 rings (SSSR count). The van der Waals surface area contributed by atoms with Gasteiger partial charge in [-0.3, -0.25) is 0 Å². The molecular weight excluding hydrogens is 288 g/mol. The van der Waals surface area contributed by atoms with Crippen LogP contribution in [0.5, 0.6) is 0 Å². The number of benzene rings is 1. The highest BCUT2D eigenvalue weighted by molar-refractivity contribution is 7.92. The van der Waals surface area contributed by atoms with Crippen molar-refractivity contribution >= 4 is 16.1 Å². The highest BCUT2D eigenvalue weighted by Crippen LogP contribution is 2.19. The predicted octanol–water partition coefficient (Wildman–Crippen LogP) is -1.63. The molecule has 0 heterocycles. The molecule has 0 amide bonds. The molecule has 1 aromatic carbocycles. The summed E-state index contributed by atoms with van der Waals surface area (Å²) >= 11 is 0. The summed E-state index contributed by atoms with van der Waals surface area (Å²) in [5, 5.41) is 37.6. The predicted molar refractivity (Wildman–Crippen MR) is 68.5 cm³/mol. The molecule has 0 aliphatic rings. The van der Waals surface area contributed by atoms with Crippen LogP contribution < -0.4 is 0 Å². The third-order valence-electron chi connectivity index (χ3n) is 2.80. The fourth-order valence-corrected chi connectivity index (χ4v) is 2.82. The van der Waals surface area contributed by atoms with Gasteiger partial charge in [0.15, 0.2) is 11.7 Å². The van der Waals surface area contributed by atoms with Gasteiger partial charge in [0, 0.05) is 0 Å². The number of aldehydes is 1. The van der Waals surface area contributed by atoms with Crippen LogP contribution in [0, 0.1) is 6.92 Å². The van der Waals surface area contributed by atoms with Crippen molar-refractivity contribution in [3.63, 3.8) is 0 Å². The Morgan fingerprint density at radius 2 is 1.50 bits per heavy atom. The van der Waals surface area contributed by atoms with E-state index < -0.39 is 33.6 Å².